The predicted octanol–water partition coefficient (Wildman–Crippen LogP) is 3.62. The van der Waals surface area contributed by atoms with Crippen LogP contribution in [0.2, 0.25) is 0 Å². The lowest BCUT2D eigenvalue weighted by Crippen LogP contribution is -2.28. The monoisotopic (exact) mass is 448 g/mol. The first-order chi connectivity index (χ1) is 14.4. The highest BCUT2D eigenvalue weighted by Crippen LogP contribution is 2.28. The lowest BCUT2D eigenvalue weighted by Gasteiger charge is -2.18. The first kappa shape index (κ1) is 22.2. The Morgan fingerprint density at radius 3 is 2.47 bits per heavy atom. The lowest BCUT2D eigenvalue weighted by molar-refractivity contribution is 0.0527. The molecule has 160 valence electrons. The lowest BCUT2D eigenvalue weighted by atomic mass is 10.2. The highest BCUT2D eigenvalue weighted by Gasteiger charge is 2.25. The molecule has 1 amide bonds. The molecule has 0 aliphatic carbocycles. The Morgan fingerprint density at radius 1 is 1.10 bits per heavy atom. The zero-order chi connectivity index (χ0) is 21.7. The second kappa shape index (κ2) is 9.53. The normalized spacial score (nSPS) is 13.9. The Labute approximate surface area is 180 Å². The topological polar surface area (TPSA) is 92.8 Å². The van der Waals surface area contributed by atoms with Gasteiger partial charge in [0.15, 0.2) is 0 Å². The molecule has 1 fully saturated rings. The van der Waals surface area contributed by atoms with Crippen LogP contribution in [-0.2, 0) is 14.8 Å². The van der Waals surface area contributed by atoms with E-state index in [1.807, 2.05) is 6.26 Å². The molecule has 0 radical (unpaired) electrons. The number of ether oxygens (including phenoxy) is 1. The summed E-state index contributed by atoms with van der Waals surface area (Å²) in [6.45, 7) is 3.21. The van der Waals surface area contributed by atoms with Crippen LogP contribution in [0.5, 0.6) is 0 Å². The number of para-hydroxylation sites is 1. The van der Waals surface area contributed by atoms with Crippen LogP contribution < -0.4 is 4.72 Å². The second-order valence-corrected chi connectivity index (χ2v) is 9.26. The summed E-state index contributed by atoms with van der Waals surface area (Å²) in [5.74, 6) is -0.778. The summed E-state index contributed by atoms with van der Waals surface area (Å²) in [5.41, 5.74) is 0.611. The standard InChI is InChI=1S/C21H24N2O5S2/c1-3-28-21(25)16-8-4-5-9-18(16)22-30(26,27)15-10-11-19(29-2)17(14-15)20(24)23-12-6-7-13-23/h4-5,8-11,14,22H,3,6-7,12-13H2,1-2H3. The van der Waals surface area contributed by atoms with E-state index >= 15 is 0 Å². The number of nitrogens with one attached hydrogen (secondary N) is 1. The van der Waals surface area contributed by atoms with Gasteiger partial charge in [-0.3, -0.25) is 9.52 Å². The number of benzene rings is 2. The largest absolute Gasteiger partial charge is 0.462 e. The van der Waals surface area contributed by atoms with E-state index in [0.29, 0.717) is 18.7 Å². The van der Waals surface area contributed by atoms with Crippen molar-refractivity contribution in [3.63, 3.8) is 0 Å². The van der Waals surface area contributed by atoms with Crippen LogP contribution in [0.25, 0.3) is 0 Å². The van der Waals surface area contributed by atoms with Crippen molar-refractivity contribution in [2.75, 3.05) is 30.7 Å². The molecule has 0 bridgehead atoms. The van der Waals surface area contributed by atoms with E-state index in [1.165, 1.54) is 36.0 Å². The van der Waals surface area contributed by atoms with E-state index in [2.05, 4.69) is 4.72 Å². The molecule has 0 saturated carbocycles. The van der Waals surface area contributed by atoms with Crippen LogP contribution in [0.4, 0.5) is 5.69 Å². The van der Waals surface area contributed by atoms with Gasteiger partial charge < -0.3 is 9.64 Å². The molecule has 0 aromatic heterocycles. The summed E-state index contributed by atoms with van der Waals surface area (Å²) in [6.07, 6.45) is 3.74. The maximum absolute atomic E-state index is 13.0. The third kappa shape index (κ3) is 4.79. The number of rotatable bonds is 7. The molecule has 30 heavy (non-hydrogen) atoms. The number of carbonyl (C=O) groups is 2. The fourth-order valence-corrected chi connectivity index (χ4v) is 4.95. The molecule has 9 heteroatoms. The predicted molar refractivity (Wildman–Crippen MR) is 117 cm³/mol. The second-order valence-electron chi connectivity index (χ2n) is 6.73. The SMILES string of the molecule is CCOC(=O)c1ccccc1NS(=O)(=O)c1ccc(SC)c(C(=O)N2CCCC2)c1. The summed E-state index contributed by atoms with van der Waals surface area (Å²) < 4.78 is 33.5. The van der Waals surface area contributed by atoms with Crippen molar-refractivity contribution < 1.29 is 22.7 Å². The molecule has 1 aliphatic rings. The summed E-state index contributed by atoms with van der Waals surface area (Å²) in [6, 6.07) is 10.7. The van der Waals surface area contributed by atoms with Gasteiger partial charge in [-0.2, -0.15) is 0 Å². The number of sulfonamides is 1. The minimum atomic E-state index is -4.03. The Balaban J connectivity index is 1.95. The van der Waals surface area contributed by atoms with Gasteiger partial charge in [0.2, 0.25) is 0 Å². The highest BCUT2D eigenvalue weighted by molar-refractivity contribution is 7.98. The Hall–Kier alpha value is -2.52. The van der Waals surface area contributed by atoms with E-state index in [0.717, 1.165) is 17.7 Å². The van der Waals surface area contributed by atoms with Crippen molar-refractivity contribution >= 4 is 39.3 Å². The van der Waals surface area contributed by atoms with Gasteiger partial charge in [-0.05, 0) is 56.4 Å². The van der Waals surface area contributed by atoms with Crippen LogP contribution in [0.1, 0.15) is 40.5 Å². The van der Waals surface area contributed by atoms with Crippen molar-refractivity contribution in [3.8, 4) is 0 Å². The number of amides is 1. The summed E-state index contributed by atoms with van der Waals surface area (Å²) in [4.78, 5) is 27.5. The zero-order valence-corrected chi connectivity index (χ0v) is 18.5. The van der Waals surface area contributed by atoms with E-state index < -0.39 is 16.0 Å². The van der Waals surface area contributed by atoms with Crippen molar-refractivity contribution in [1.82, 2.24) is 4.90 Å². The van der Waals surface area contributed by atoms with E-state index in [9.17, 15) is 18.0 Å². The molecule has 1 N–H and O–H groups in total. The average Bonchev–Trinajstić information content (AvgIpc) is 3.28. The smallest absolute Gasteiger partial charge is 0.340 e. The summed E-state index contributed by atoms with van der Waals surface area (Å²) in [5, 5.41) is 0. The van der Waals surface area contributed by atoms with Gasteiger partial charge in [-0.25, -0.2) is 13.2 Å². The van der Waals surface area contributed by atoms with Crippen molar-refractivity contribution in [2.45, 2.75) is 29.6 Å². The molecule has 1 saturated heterocycles. The molecule has 2 aromatic carbocycles. The Morgan fingerprint density at radius 2 is 1.80 bits per heavy atom. The number of thioether (sulfide) groups is 1. The molecule has 0 atom stereocenters. The van der Waals surface area contributed by atoms with Gasteiger partial charge in [-0.1, -0.05) is 12.1 Å². The fraction of sp³-hybridized carbons (Fsp3) is 0.333. The number of carbonyl (C=O) groups excluding carboxylic acids is 2. The van der Waals surface area contributed by atoms with Gasteiger partial charge in [0, 0.05) is 18.0 Å². The average molecular weight is 449 g/mol. The molecule has 1 aliphatic heterocycles. The quantitative estimate of drug-likeness (QED) is 0.514. The maximum Gasteiger partial charge on any atom is 0.340 e. The maximum atomic E-state index is 13.0. The van der Waals surface area contributed by atoms with Crippen molar-refractivity contribution in [3.05, 3.63) is 53.6 Å². The first-order valence-electron chi connectivity index (χ1n) is 9.63. The molecule has 7 nitrogen and oxygen atoms in total. The summed E-state index contributed by atoms with van der Waals surface area (Å²) in [7, 11) is -4.03. The molecule has 1 heterocycles. The van der Waals surface area contributed by atoms with E-state index in [-0.39, 0.29) is 28.7 Å². The van der Waals surface area contributed by atoms with Crippen LogP contribution >= 0.6 is 11.8 Å². The van der Waals surface area contributed by atoms with E-state index in [1.54, 1.807) is 30.0 Å². The minimum Gasteiger partial charge on any atom is -0.462 e. The molecule has 2 aromatic rings. The summed E-state index contributed by atoms with van der Waals surface area (Å²) >= 11 is 1.39. The van der Waals surface area contributed by atoms with Gasteiger partial charge in [0.05, 0.1) is 28.3 Å². The molecular formula is C21H24N2O5S2. The van der Waals surface area contributed by atoms with Gasteiger partial charge >= 0.3 is 5.97 Å². The molecule has 3 rings (SSSR count). The number of likely N-dealkylation sites (tertiary alicyclic amines) is 1. The van der Waals surface area contributed by atoms with Crippen LogP contribution in [0, 0.1) is 0 Å². The number of anilines is 1. The number of nitrogens with zero attached hydrogens (tertiary/aromatic N) is 1. The van der Waals surface area contributed by atoms with Crippen LogP contribution in [-0.4, -0.2) is 51.1 Å². The number of hydrogen-bond donors (Lipinski definition) is 1. The van der Waals surface area contributed by atoms with E-state index in [4.69, 9.17) is 4.74 Å². The Bertz CT molecular complexity index is 1050. The first-order valence-corrected chi connectivity index (χ1v) is 12.3. The van der Waals surface area contributed by atoms with Gasteiger partial charge in [0.25, 0.3) is 15.9 Å². The highest BCUT2D eigenvalue weighted by atomic mass is 32.2. The van der Waals surface area contributed by atoms with Crippen molar-refractivity contribution in [1.29, 1.82) is 0 Å². The number of esters is 1. The fourth-order valence-electron chi connectivity index (χ4n) is 3.27. The van der Waals surface area contributed by atoms with Crippen LogP contribution in [0.15, 0.2) is 52.3 Å². The number of hydrogen-bond acceptors (Lipinski definition) is 6. The minimum absolute atomic E-state index is 0.0403. The van der Waals surface area contributed by atoms with Crippen LogP contribution in [0.3, 0.4) is 0 Å². The van der Waals surface area contributed by atoms with Gasteiger partial charge in [-0.15, -0.1) is 11.8 Å². The Kier molecular flexibility index (Phi) is 7.04. The zero-order valence-electron chi connectivity index (χ0n) is 16.9. The third-order valence-corrected chi connectivity index (χ3v) is 6.93. The third-order valence-electron chi connectivity index (χ3n) is 4.77. The molecule has 0 unspecified atom stereocenters. The molecular weight excluding hydrogens is 424 g/mol. The van der Waals surface area contributed by atoms with Gasteiger partial charge in [0.1, 0.15) is 0 Å². The van der Waals surface area contributed by atoms with Crippen molar-refractivity contribution in [2.24, 2.45) is 0 Å². The molecule has 0 spiro atoms.